The summed E-state index contributed by atoms with van der Waals surface area (Å²) in [6, 6.07) is 12.9. The van der Waals surface area contributed by atoms with Crippen LogP contribution >= 0.6 is 0 Å². The third-order valence-corrected chi connectivity index (χ3v) is 4.35. The van der Waals surface area contributed by atoms with E-state index < -0.39 is 22.0 Å². The summed E-state index contributed by atoms with van der Waals surface area (Å²) in [5.74, 6) is -1.41. The van der Waals surface area contributed by atoms with Gasteiger partial charge in [0, 0.05) is 11.9 Å². The van der Waals surface area contributed by atoms with Crippen LogP contribution in [-0.4, -0.2) is 32.0 Å². The number of hydrogen-bond acceptors (Lipinski definition) is 7. The van der Waals surface area contributed by atoms with Gasteiger partial charge in [-0.15, -0.1) is 0 Å². The van der Waals surface area contributed by atoms with Crippen LogP contribution in [0.15, 0.2) is 65.2 Å². The Balaban J connectivity index is 2.16. The summed E-state index contributed by atoms with van der Waals surface area (Å²) < 4.78 is 35.6. The molecule has 9 nitrogen and oxygen atoms in total. The topological polar surface area (TPSA) is 146 Å². The Morgan fingerprint density at radius 3 is 2.36 bits per heavy atom. The standard InChI is InChI=1S/C18H15N3O6S/c1-27-18(23)15-4-2-3-5-16(15)21-17(22)12(10-19)11-20-13-6-8-14(9-7-13)28(24,25)26/h2-9,11,20H,1H3,(H,21,22)(H,24,25,26)/b12-11-. The maximum Gasteiger partial charge on any atom is 0.339 e. The highest BCUT2D eigenvalue weighted by atomic mass is 32.2. The number of hydrogen-bond donors (Lipinski definition) is 3. The van der Waals surface area contributed by atoms with Gasteiger partial charge in [0.25, 0.3) is 16.0 Å². The molecule has 0 aliphatic carbocycles. The fraction of sp³-hybridized carbons (Fsp3) is 0.0556. The SMILES string of the molecule is COC(=O)c1ccccc1NC(=O)/C(C#N)=C\Nc1ccc(S(=O)(=O)O)cc1. The van der Waals surface area contributed by atoms with Crippen LogP contribution in [0, 0.1) is 11.3 Å². The first kappa shape index (κ1) is 20.6. The molecule has 0 radical (unpaired) electrons. The van der Waals surface area contributed by atoms with Crippen molar-refractivity contribution in [2.24, 2.45) is 0 Å². The zero-order chi connectivity index (χ0) is 20.7. The molecule has 0 spiro atoms. The van der Waals surface area contributed by atoms with Crippen molar-refractivity contribution in [2.75, 3.05) is 17.7 Å². The van der Waals surface area contributed by atoms with E-state index in [2.05, 4.69) is 15.4 Å². The number of ether oxygens (including phenoxy) is 1. The molecule has 0 aromatic heterocycles. The Bertz CT molecular complexity index is 1070. The van der Waals surface area contributed by atoms with E-state index in [9.17, 15) is 23.3 Å². The minimum absolute atomic E-state index is 0.129. The molecular weight excluding hydrogens is 386 g/mol. The van der Waals surface area contributed by atoms with Crippen LogP contribution in [0.5, 0.6) is 0 Å². The van der Waals surface area contributed by atoms with Crippen LogP contribution in [0.25, 0.3) is 0 Å². The number of carbonyl (C=O) groups is 2. The summed E-state index contributed by atoms with van der Waals surface area (Å²) in [4.78, 5) is 23.8. The molecule has 0 atom stereocenters. The molecule has 1 amide bonds. The van der Waals surface area contributed by atoms with Gasteiger partial charge in [-0.05, 0) is 36.4 Å². The summed E-state index contributed by atoms with van der Waals surface area (Å²) in [7, 11) is -3.11. The van der Waals surface area contributed by atoms with Crippen LogP contribution < -0.4 is 10.6 Å². The third kappa shape index (κ3) is 5.16. The molecule has 28 heavy (non-hydrogen) atoms. The number of benzene rings is 2. The number of carbonyl (C=O) groups excluding carboxylic acids is 2. The number of para-hydroxylation sites is 1. The molecule has 0 heterocycles. The van der Waals surface area contributed by atoms with Gasteiger partial charge in [-0.25, -0.2) is 4.79 Å². The lowest BCUT2D eigenvalue weighted by Gasteiger charge is -2.09. The molecule has 0 aliphatic heterocycles. The van der Waals surface area contributed by atoms with Gasteiger partial charge in [0.15, 0.2) is 0 Å². The molecule has 0 fully saturated rings. The van der Waals surface area contributed by atoms with Crippen LogP contribution in [0.3, 0.4) is 0 Å². The third-order valence-electron chi connectivity index (χ3n) is 3.48. The molecule has 2 rings (SSSR count). The quantitative estimate of drug-likeness (QED) is 0.289. The second kappa shape index (κ2) is 8.81. The smallest absolute Gasteiger partial charge is 0.339 e. The average molecular weight is 401 g/mol. The van der Waals surface area contributed by atoms with Crippen LogP contribution in [0.2, 0.25) is 0 Å². The van der Waals surface area contributed by atoms with E-state index in [-0.39, 0.29) is 21.7 Å². The first-order valence-electron chi connectivity index (χ1n) is 7.69. The highest BCUT2D eigenvalue weighted by Crippen LogP contribution is 2.17. The van der Waals surface area contributed by atoms with Gasteiger partial charge in [-0.2, -0.15) is 13.7 Å². The number of esters is 1. The van der Waals surface area contributed by atoms with Crippen molar-refractivity contribution in [2.45, 2.75) is 4.90 Å². The van der Waals surface area contributed by atoms with Crippen molar-refractivity contribution in [1.82, 2.24) is 0 Å². The molecule has 2 aromatic rings. The molecule has 0 bridgehead atoms. The zero-order valence-corrected chi connectivity index (χ0v) is 15.4. The van der Waals surface area contributed by atoms with Gasteiger partial charge in [0.2, 0.25) is 0 Å². The molecule has 10 heteroatoms. The van der Waals surface area contributed by atoms with Crippen LogP contribution in [-0.2, 0) is 19.6 Å². The number of rotatable bonds is 6. The molecule has 3 N–H and O–H groups in total. The monoisotopic (exact) mass is 401 g/mol. The van der Waals surface area contributed by atoms with Gasteiger partial charge in [-0.3, -0.25) is 9.35 Å². The first-order valence-corrected chi connectivity index (χ1v) is 9.13. The van der Waals surface area contributed by atoms with Crippen molar-refractivity contribution >= 4 is 33.4 Å². The Kier molecular flexibility index (Phi) is 6.49. The normalized spacial score (nSPS) is 11.2. The molecule has 144 valence electrons. The van der Waals surface area contributed by atoms with E-state index in [1.807, 2.05) is 0 Å². The lowest BCUT2D eigenvalue weighted by Crippen LogP contribution is -2.17. The van der Waals surface area contributed by atoms with Gasteiger partial charge in [-0.1, -0.05) is 12.1 Å². The van der Waals surface area contributed by atoms with E-state index in [0.29, 0.717) is 5.69 Å². The minimum Gasteiger partial charge on any atom is -0.465 e. The highest BCUT2D eigenvalue weighted by Gasteiger charge is 2.16. The Morgan fingerprint density at radius 2 is 1.79 bits per heavy atom. The molecular formula is C18H15N3O6S. The van der Waals surface area contributed by atoms with Gasteiger partial charge in [0.05, 0.1) is 23.3 Å². The highest BCUT2D eigenvalue weighted by molar-refractivity contribution is 7.85. The average Bonchev–Trinajstić information content (AvgIpc) is 2.68. The Morgan fingerprint density at radius 1 is 1.14 bits per heavy atom. The molecule has 0 saturated heterocycles. The summed E-state index contributed by atoms with van der Waals surface area (Å²) in [6.07, 6.45) is 1.12. The van der Waals surface area contributed by atoms with Crippen LogP contribution in [0.4, 0.5) is 11.4 Å². The summed E-state index contributed by atoms with van der Waals surface area (Å²) >= 11 is 0. The van der Waals surface area contributed by atoms with E-state index in [1.54, 1.807) is 18.2 Å². The molecule has 0 unspecified atom stereocenters. The lowest BCUT2D eigenvalue weighted by molar-refractivity contribution is -0.112. The number of nitrogens with zero attached hydrogens (tertiary/aromatic N) is 1. The second-order valence-electron chi connectivity index (χ2n) is 5.30. The minimum atomic E-state index is -4.31. The van der Waals surface area contributed by atoms with E-state index >= 15 is 0 Å². The summed E-state index contributed by atoms with van der Waals surface area (Å²) in [6.45, 7) is 0. The maximum absolute atomic E-state index is 12.3. The predicted molar refractivity (Wildman–Crippen MR) is 100.0 cm³/mol. The van der Waals surface area contributed by atoms with E-state index in [4.69, 9.17) is 4.55 Å². The van der Waals surface area contributed by atoms with Crippen LogP contribution in [0.1, 0.15) is 10.4 Å². The molecule has 0 aliphatic rings. The largest absolute Gasteiger partial charge is 0.465 e. The second-order valence-corrected chi connectivity index (χ2v) is 6.73. The van der Waals surface area contributed by atoms with Crippen molar-refractivity contribution in [3.63, 3.8) is 0 Å². The van der Waals surface area contributed by atoms with Crippen molar-refractivity contribution in [3.8, 4) is 6.07 Å². The number of amides is 1. The Hall–Kier alpha value is -3.68. The maximum atomic E-state index is 12.3. The number of methoxy groups -OCH3 is 1. The Labute approximate surface area is 161 Å². The zero-order valence-electron chi connectivity index (χ0n) is 14.5. The first-order chi connectivity index (χ1) is 13.3. The van der Waals surface area contributed by atoms with Crippen molar-refractivity contribution in [3.05, 3.63) is 65.9 Å². The van der Waals surface area contributed by atoms with Gasteiger partial charge in [0.1, 0.15) is 11.6 Å². The van der Waals surface area contributed by atoms with Gasteiger partial charge >= 0.3 is 5.97 Å². The molecule has 2 aromatic carbocycles. The van der Waals surface area contributed by atoms with E-state index in [1.165, 1.54) is 31.4 Å². The molecule has 0 saturated carbocycles. The summed E-state index contributed by atoms with van der Waals surface area (Å²) in [5.41, 5.74) is 0.392. The lowest BCUT2D eigenvalue weighted by atomic mass is 10.1. The number of nitrogens with one attached hydrogen (secondary N) is 2. The predicted octanol–water partition coefficient (Wildman–Crippen LogP) is 2.18. The fourth-order valence-corrected chi connectivity index (χ4v) is 2.58. The fourth-order valence-electron chi connectivity index (χ4n) is 2.10. The van der Waals surface area contributed by atoms with Crippen molar-refractivity contribution < 1.29 is 27.3 Å². The van der Waals surface area contributed by atoms with Gasteiger partial charge < -0.3 is 15.4 Å². The summed E-state index contributed by atoms with van der Waals surface area (Å²) in [5, 5.41) is 14.3. The number of anilines is 2. The van der Waals surface area contributed by atoms with E-state index in [0.717, 1.165) is 18.3 Å². The van der Waals surface area contributed by atoms with Crippen molar-refractivity contribution in [1.29, 1.82) is 5.26 Å². The number of nitriles is 1.